The Morgan fingerprint density at radius 3 is 2.28 bits per heavy atom. The van der Waals surface area contributed by atoms with Crippen LogP contribution in [-0.4, -0.2) is 42.2 Å². The molecule has 3 rings (SSSR count). The summed E-state index contributed by atoms with van der Waals surface area (Å²) in [6.07, 6.45) is 0. The molecule has 0 fully saturated rings. The van der Waals surface area contributed by atoms with Crippen molar-refractivity contribution in [1.82, 2.24) is 19.7 Å². The van der Waals surface area contributed by atoms with Gasteiger partial charge in [-0.1, -0.05) is 38.1 Å². The summed E-state index contributed by atoms with van der Waals surface area (Å²) in [5.74, 6) is -1.36. The maximum atomic E-state index is 12.7. The first-order chi connectivity index (χ1) is 15.2. The number of benzene rings is 2. The number of rotatable bonds is 6. The lowest BCUT2D eigenvalue weighted by Crippen LogP contribution is -2.42. The van der Waals surface area contributed by atoms with E-state index in [1.54, 1.807) is 45.2 Å². The number of carbonyl (C=O) groups is 2. The van der Waals surface area contributed by atoms with Gasteiger partial charge < -0.3 is 4.57 Å². The Kier molecular flexibility index (Phi) is 6.75. The summed E-state index contributed by atoms with van der Waals surface area (Å²) in [7, 11) is -2.13. The van der Waals surface area contributed by atoms with Crippen LogP contribution >= 0.6 is 0 Å². The summed E-state index contributed by atoms with van der Waals surface area (Å²) in [6.45, 7) is 4.06. The molecule has 0 spiro atoms. The number of aryl methyl sites for hydroxylation is 1. The molecule has 32 heavy (non-hydrogen) atoms. The molecular formula is C22H24N4O5S. The number of para-hydroxylation sites is 1. The number of nitrogens with one attached hydrogen (secondary N) is 2. The Labute approximate surface area is 185 Å². The van der Waals surface area contributed by atoms with E-state index >= 15 is 0 Å². The van der Waals surface area contributed by atoms with E-state index in [-0.39, 0.29) is 21.6 Å². The van der Waals surface area contributed by atoms with Crippen molar-refractivity contribution in [3.63, 3.8) is 0 Å². The Bertz CT molecular complexity index is 1340. The monoisotopic (exact) mass is 456 g/mol. The number of sulfonamides is 1. The van der Waals surface area contributed by atoms with Crippen molar-refractivity contribution < 1.29 is 18.0 Å². The fraction of sp³-hybridized carbons (Fsp3) is 0.227. The van der Waals surface area contributed by atoms with E-state index in [4.69, 9.17) is 0 Å². The zero-order valence-corrected chi connectivity index (χ0v) is 18.8. The van der Waals surface area contributed by atoms with Gasteiger partial charge in [-0.15, -0.1) is 0 Å². The molecule has 1 aromatic heterocycles. The van der Waals surface area contributed by atoms with Gasteiger partial charge in [0.05, 0.1) is 16.0 Å². The van der Waals surface area contributed by atoms with Crippen LogP contribution in [0.5, 0.6) is 0 Å². The number of hydrogen-bond donors (Lipinski definition) is 2. The van der Waals surface area contributed by atoms with E-state index < -0.39 is 21.8 Å². The lowest BCUT2D eigenvalue weighted by molar-refractivity contribution is 0.0847. The standard InChI is InChI=1S/C22H24N4O5S/c1-4-26(5-2)32(30,31)16-10-8-9-15(13-16)21(28)23-24-22(29)18-14-20(27)25(3)19-12-7-6-11-17(18)19/h6-14H,4-5H2,1-3H3,(H,23,28)(H,24,29). The molecule has 2 N–H and O–H groups in total. The third-order valence-corrected chi connectivity index (χ3v) is 7.17. The smallest absolute Gasteiger partial charge is 0.270 e. The lowest BCUT2D eigenvalue weighted by Gasteiger charge is -2.18. The van der Waals surface area contributed by atoms with E-state index in [0.717, 1.165) is 0 Å². The highest BCUT2D eigenvalue weighted by molar-refractivity contribution is 7.89. The minimum atomic E-state index is -3.74. The van der Waals surface area contributed by atoms with Crippen molar-refractivity contribution in [2.24, 2.45) is 7.05 Å². The van der Waals surface area contributed by atoms with Gasteiger partial charge in [-0.25, -0.2) is 8.42 Å². The molecular weight excluding hydrogens is 432 g/mol. The average molecular weight is 457 g/mol. The predicted molar refractivity (Wildman–Crippen MR) is 121 cm³/mol. The zero-order chi connectivity index (χ0) is 23.5. The topological polar surface area (TPSA) is 118 Å². The SMILES string of the molecule is CCN(CC)S(=O)(=O)c1cccc(C(=O)NNC(=O)c2cc(=O)n(C)c3ccccc23)c1. The molecule has 2 amide bonds. The van der Waals surface area contributed by atoms with Crippen LogP contribution in [0, 0.1) is 0 Å². The van der Waals surface area contributed by atoms with Crippen LogP contribution in [0.2, 0.25) is 0 Å². The number of hydrazine groups is 1. The van der Waals surface area contributed by atoms with Gasteiger partial charge in [0.15, 0.2) is 0 Å². The number of fused-ring (bicyclic) bond motifs is 1. The van der Waals surface area contributed by atoms with Gasteiger partial charge in [0.1, 0.15) is 0 Å². The van der Waals surface area contributed by atoms with Gasteiger partial charge in [0.25, 0.3) is 17.4 Å². The fourth-order valence-electron chi connectivity index (χ4n) is 3.36. The highest BCUT2D eigenvalue weighted by Gasteiger charge is 2.23. The van der Waals surface area contributed by atoms with E-state index in [9.17, 15) is 22.8 Å². The Morgan fingerprint density at radius 2 is 1.59 bits per heavy atom. The number of aromatic nitrogens is 1. The van der Waals surface area contributed by atoms with Gasteiger partial charge in [-0.3, -0.25) is 25.2 Å². The normalized spacial score (nSPS) is 11.5. The predicted octanol–water partition coefficient (Wildman–Crippen LogP) is 1.64. The molecule has 0 saturated heterocycles. The van der Waals surface area contributed by atoms with Crippen LogP contribution in [0.15, 0.2) is 64.3 Å². The van der Waals surface area contributed by atoms with Crippen molar-refractivity contribution in [3.8, 4) is 0 Å². The number of carbonyl (C=O) groups excluding carboxylic acids is 2. The first kappa shape index (κ1) is 23.2. The molecule has 168 valence electrons. The second-order valence-electron chi connectivity index (χ2n) is 7.00. The molecule has 0 atom stereocenters. The summed E-state index contributed by atoms with van der Waals surface area (Å²) in [5, 5.41) is 0.550. The minimum Gasteiger partial charge on any atom is -0.311 e. The third-order valence-electron chi connectivity index (χ3n) is 5.13. The van der Waals surface area contributed by atoms with Crippen molar-refractivity contribution in [1.29, 1.82) is 0 Å². The number of amides is 2. The third kappa shape index (κ3) is 4.41. The Balaban J connectivity index is 1.82. The van der Waals surface area contributed by atoms with E-state index in [2.05, 4.69) is 10.9 Å². The van der Waals surface area contributed by atoms with Gasteiger partial charge in [-0.2, -0.15) is 4.31 Å². The summed E-state index contributed by atoms with van der Waals surface area (Å²) in [5.41, 5.74) is 4.95. The zero-order valence-electron chi connectivity index (χ0n) is 18.0. The first-order valence-electron chi connectivity index (χ1n) is 10.00. The lowest BCUT2D eigenvalue weighted by atomic mass is 10.1. The average Bonchev–Trinajstić information content (AvgIpc) is 2.80. The van der Waals surface area contributed by atoms with Crippen LogP contribution in [0.4, 0.5) is 0 Å². The maximum Gasteiger partial charge on any atom is 0.270 e. The van der Waals surface area contributed by atoms with Gasteiger partial charge in [0.2, 0.25) is 10.0 Å². The minimum absolute atomic E-state index is 0.0160. The molecule has 2 aromatic carbocycles. The van der Waals surface area contributed by atoms with Crippen LogP contribution in [0.1, 0.15) is 34.6 Å². The van der Waals surface area contributed by atoms with Gasteiger partial charge in [-0.05, 0) is 24.3 Å². The molecule has 0 bridgehead atoms. The molecule has 10 heteroatoms. The molecule has 1 heterocycles. The summed E-state index contributed by atoms with van der Waals surface area (Å²) < 4.78 is 28.1. The Morgan fingerprint density at radius 1 is 0.938 bits per heavy atom. The highest BCUT2D eigenvalue weighted by atomic mass is 32.2. The van der Waals surface area contributed by atoms with Crippen molar-refractivity contribution in [2.45, 2.75) is 18.7 Å². The van der Waals surface area contributed by atoms with Crippen LogP contribution < -0.4 is 16.4 Å². The molecule has 3 aromatic rings. The number of pyridine rings is 1. The molecule has 0 aliphatic carbocycles. The number of hydrogen-bond acceptors (Lipinski definition) is 5. The molecule has 9 nitrogen and oxygen atoms in total. The van der Waals surface area contributed by atoms with Crippen LogP contribution in [-0.2, 0) is 17.1 Å². The van der Waals surface area contributed by atoms with E-state index in [0.29, 0.717) is 24.0 Å². The molecule has 0 aliphatic rings. The first-order valence-corrected chi connectivity index (χ1v) is 11.4. The Hall–Kier alpha value is -3.50. The summed E-state index contributed by atoms with van der Waals surface area (Å²) >= 11 is 0. The molecule has 0 saturated carbocycles. The molecule has 0 aliphatic heterocycles. The van der Waals surface area contributed by atoms with Gasteiger partial charge in [0, 0.05) is 37.2 Å². The number of nitrogens with zero attached hydrogens (tertiary/aromatic N) is 2. The maximum absolute atomic E-state index is 12.7. The van der Waals surface area contributed by atoms with Crippen molar-refractivity contribution in [2.75, 3.05) is 13.1 Å². The van der Waals surface area contributed by atoms with E-state index in [1.165, 1.54) is 39.2 Å². The second-order valence-corrected chi connectivity index (χ2v) is 8.94. The quantitative estimate of drug-likeness (QED) is 0.547. The molecule has 0 radical (unpaired) electrons. The molecule has 0 unspecified atom stereocenters. The van der Waals surface area contributed by atoms with Gasteiger partial charge >= 0.3 is 0 Å². The van der Waals surface area contributed by atoms with Crippen molar-refractivity contribution in [3.05, 3.63) is 76.1 Å². The largest absolute Gasteiger partial charge is 0.311 e. The summed E-state index contributed by atoms with van der Waals surface area (Å²) in [6, 6.07) is 13.7. The van der Waals surface area contributed by atoms with Crippen molar-refractivity contribution >= 4 is 32.7 Å². The van der Waals surface area contributed by atoms with E-state index in [1.807, 2.05) is 0 Å². The summed E-state index contributed by atoms with van der Waals surface area (Å²) in [4.78, 5) is 37.4. The fourth-order valence-corrected chi connectivity index (χ4v) is 4.87. The van der Waals surface area contributed by atoms with Crippen LogP contribution in [0.25, 0.3) is 10.9 Å². The second kappa shape index (κ2) is 9.33. The highest BCUT2D eigenvalue weighted by Crippen LogP contribution is 2.18. The van der Waals surface area contributed by atoms with Crippen LogP contribution in [0.3, 0.4) is 0 Å².